The van der Waals surface area contributed by atoms with E-state index >= 15 is 4.39 Å². The molecule has 5 rings (SSSR count). The van der Waals surface area contributed by atoms with Crippen molar-refractivity contribution < 1.29 is 27.9 Å². The molecule has 0 aromatic heterocycles. The zero-order valence-corrected chi connectivity index (χ0v) is 22.6. The van der Waals surface area contributed by atoms with Crippen LogP contribution in [0.15, 0.2) is 30.3 Å². The Kier molecular flexibility index (Phi) is 6.48. The lowest BCUT2D eigenvalue weighted by Crippen LogP contribution is -2.49. The second-order valence-corrected chi connectivity index (χ2v) is 13.1. The molecule has 204 valence electrons. The third-order valence-electron chi connectivity index (χ3n) is 8.31. The van der Waals surface area contributed by atoms with E-state index in [0.29, 0.717) is 19.3 Å². The minimum absolute atomic E-state index is 0.0594. The standard InChI is InChI=1S/C29H32ClF3N2O3/c1-27(2,3)13-22-29(16-9-19(32)17(30)10-20(16)34-26(29)37)23(15-6-5-7-18(31)24(15)33)25(35-22)21(36)8-14-11-28(4,38)12-14/h5-7,9-10,14,22-23,25,35,38H,8,11-13H2,1-4H3,(H,34,37)/t14?,22-,23+,25+,28?,29+/m1/s1. The van der Waals surface area contributed by atoms with E-state index in [0.717, 1.165) is 6.07 Å². The lowest BCUT2D eigenvalue weighted by molar-refractivity contribution is -0.126. The number of anilines is 1. The van der Waals surface area contributed by atoms with Crippen LogP contribution in [0.25, 0.3) is 0 Å². The zero-order valence-electron chi connectivity index (χ0n) is 21.8. The molecule has 38 heavy (non-hydrogen) atoms. The van der Waals surface area contributed by atoms with Gasteiger partial charge in [0, 0.05) is 24.1 Å². The van der Waals surface area contributed by atoms with Gasteiger partial charge in [0.2, 0.25) is 5.91 Å². The molecule has 0 bridgehead atoms. The monoisotopic (exact) mass is 548 g/mol. The Morgan fingerprint density at radius 1 is 1.16 bits per heavy atom. The van der Waals surface area contributed by atoms with Crippen LogP contribution in [0.1, 0.15) is 70.4 Å². The van der Waals surface area contributed by atoms with Crippen molar-refractivity contribution in [3.8, 4) is 0 Å². The largest absolute Gasteiger partial charge is 0.390 e. The number of benzene rings is 2. The first-order valence-corrected chi connectivity index (χ1v) is 13.3. The van der Waals surface area contributed by atoms with Crippen LogP contribution < -0.4 is 10.6 Å². The third kappa shape index (κ3) is 4.34. The van der Waals surface area contributed by atoms with Gasteiger partial charge in [0.1, 0.15) is 11.2 Å². The highest BCUT2D eigenvalue weighted by molar-refractivity contribution is 6.31. The quantitative estimate of drug-likeness (QED) is 0.453. The molecule has 1 aliphatic carbocycles. The van der Waals surface area contributed by atoms with Crippen LogP contribution in [0.3, 0.4) is 0 Å². The molecule has 1 amide bonds. The van der Waals surface area contributed by atoms with Crippen molar-refractivity contribution in [1.82, 2.24) is 5.32 Å². The van der Waals surface area contributed by atoms with E-state index in [1.807, 2.05) is 20.8 Å². The van der Waals surface area contributed by atoms with Crippen molar-refractivity contribution in [1.29, 1.82) is 0 Å². The molecule has 2 aromatic carbocycles. The molecule has 2 aromatic rings. The highest BCUT2D eigenvalue weighted by Gasteiger charge is 2.66. The van der Waals surface area contributed by atoms with Gasteiger partial charge in [0.15, 0.2) is 17.4 Å². The molecule has 1 spiro atoms. The molecule has 5 nitrogen and oxygen atoms in total. The summed E-state index contributed by atoms with van der Waals surface area (Å²) in [6.45, 7) is 7.63. The average Bonchev–Trinajstić information content (AvgIpc) is 3.24. The highest BCUT2D eigenvalue weighted by atomic mass is 35.5. The van der Waals surface area contributed by atoms with E-state index in [9.17, 15) is 23.5 Å². The molecule has 0 unspecified atom stereocenters. The van der Waals surface area contributed by atoms with Gasteiger partial charge in [-0.2, -0.15) is 0 Å². The Bertz CT molecular complexity index is 1320. The number of Topliss-reactive ketones (excluding diaryl/α,β-unsaturated/α-hetero) is 1. The lowest BCUT2D eigenvalue weighted by atomic mass is 9.61. The van der Waals surface area contributed by atoms with Crippen molar-refractivity contribution >= 4 is 29.0 Å². The van der Waals surface area contributed by atoms with E-state index in [2.05, 4.69) is 10.6 Å². The fourth-order valence-electron chi connectivity index (χ4n) is 6.96. The molecule has 3 N–H and O–H groups in total. The fourth-order valence-corrected chi connectivity index (χ4v) is 7.12. The normalized spacial score (nSPS) is 32.3. The van der Waals surface area contributed by atoms with Gasteiger partial charge in [0.05, 0.1) is 16.7 Å². The summed E-state index contributed by atoms with van der Waals surface area (Å²) in [6.07, 6.45) is 1.41. The predicted octanol–water partition coefficient (Wildman–Crippen LogP) is 5.63. The number of carbonyl (C=O) groups excluding carboxylic acids is 2. The first-order chi connectivity index (χ1) is 17.6. The number of amides is 1. The van der Waals surface area contributed by atoms with Crippen molar-refractivity contribution in [2.45, 2.75) is 82.4 Å². The Hall–Kier alpha value is -2.42. The summed E-state index contributed by atoms with van der Waals surface area (Å²) in [5, 5.41) is 16.1. The SMILES string of the molecule is CC(C)(C)C[C@H]1N[C@@H](C(=O)CC2CC(C)(O)C2)[C@H](c2cccc(F)c2F)[C@@]12C(=O)Nc1cc(Cl)c(F)cc12. The highest BCUT2D eigenvalue weighted by Crippen LogP contribution is 2.57. The number of nitrogens with one attached hydrogen (secondary N) is 2. The van der Waals surface area contributed by atoms with Crippen LogP contribution in [0, 0.1) is 28.8 Å². The molecule has 1 saturated heterocycles. The Morgan fingerprint density at radius 3 is 2.47 bits per heavy atom. The van der Waals surface area contributed by atoms with Crippen LogP contribution >= 0.6 is 11.6 Å². The molecule has 0 radical (unpaired) electrons. The minimum Gasteiger partial charge on any atom is -0.390 e. The topological polar surface area (TPSA) is 78.4 Å². The van der Waals surface area contributed by atoms with Crippen LogP contribution in [-0.2, 0) is 15.0 Å². The molecule has 9 heteroatoms. The molecule has 2 heterocycles. The average molecular weight is 549 g/mol. The van der Waals surface area contributed by atoms with Crippen molar-refractivity contribution in [3.63, 3.8) is 0 Å². The first-order valence-electron chi connectivity index (χ1n) is 12.9. The molecule has 2 fully saturated rings. The van der Waals surface area contributed by atoms with Gasteiger partial charge < -0.3 is 15.7 Å². The number of hydrogen-bond acceptors (Lipinski definition) is 4. The minimum atomic E-state index is -1.60. The Balaban J connectivity index is 1.71. The summed E-state index contributed by atoms with van der Waals surface area (Å²) in [5.74, 6) is -4.98. The third-order valence-corrected chi connectivity index (χ3v) is 8.60. The van der Waals surface area contributed by atoms with Crippen LogP contribution in [0.4, 0.5) is 18.9 Å². The number of fused-ring (bicyclic) bond motifs is 2. The van der Waals surface area contributed by atoms with Crippen molar-refractivity contribution in [2.24, 2.45) is 11.3 Å². The molecule has 1 saturated carbocycles. The maximum absolute atomic E-state index is 15.5. The molecular weight excluding hydrogens is 517 g/mol. The van der Waals surface area contributed by atoms with E-state index in [1.165, 1.54) is 24.3 Å². The first kappa shape index (κ1) is 27.2. The summed E-state index contributed by atoms with van der Waals surface area (Å²) in [5.41, 5.74) is -2.35. The summed E-state index contributed by atoms with van der Waals surface area (Å²) in [6, 6.07) is 4.47. The smallest absolute Gasteiger partial charge is 0.237 e. The van der Waals surface area contributed by atoms with Crippen molar-refractivity contribution in [2.75, 3.05) is 5.32 Å². The van der Waals surface area contributed by atoms with Gasteiger partial charge in [-0.15, -0.1) is 0 Å². The summed E-state index contributed by atoms with van der Waals surface area (Å²) in [4.78, 5) is 27.9. The van der Waals surface area contributed by atoms with Crippen LogP contribution in [0.5, 0.6) is 0 Å². The van der Waals surface area contributed by atoms with Crippen LogP contribution in [0.2, 0.25) is 5.02 Å². The van der Waals surface area contributed by atoms with Gasteiger partial charge in [-0.3, -0.25) is 9.59 Å². The maximum atomic E-state index is 15.5. The maximum Gasteiger partial charge on any atom is 0.237 e. The summed E-state index contributed by atoms with van der Waals surface area (Å²) >= 11 is 6.03. The number of carbonyl (C=O) groups is 2. The fraction of sp³-hybridized carbons (Fsp3) is 0.517. The van der Waals surface area contributed by atoms with Gasteiger partial charge >= 0.3 is 0 Å². The lowest BCUT2D eigenvalue weighted by Gasteiger charge is -2.41. The number of rotatable bonds is 5. The number of ketones is 1. The van der Waals surface area contributed by atoms with Gasteiger partial charge in [-0.1, -0.05) is 44.5 Å². The summed E-state index contributed by atoms with van der Waals surface area (Å²) in [7, 11) is 0. The molecule has 2 aliphatic heterocycles. The van der Waals surface area contributed by atoms with Gasteiger partial charge in [-0.05, 0) is 66.8 Å². The van der Waals surface area contributed by atoms with E-state index < -0.39 is 52.4 Å². The Labute approximate surface area is 225 Å². The van der Waals surface area contributed by atoms with E-state index in [4.69, 9.17) is 11.6 Å². The Morgan fingerprint density at radius 2 is 1.84 bits per heavy atom. The molecule has 4 atom stereocenters. The number of aliphatic hydroxyl groups is 1. The van der Waals surface area contributed by atoms with E-state index in [-0.39, 0.29) is 45.4 Å². The van der Waals surface area contributed by atoms with Gasteiger partial charge in [-0.25, -0.2) is 13.2 Å². The second-order valence-electron chi connectivity index (χ2n) is 12.7. The molecule has 3 aliphatic rings. The number of halogens is 4. The van der Waals surface area contributed by atoms with Gasteiger partial charge in [0.25, 0.3) is 0 Å². The van der Waals surface area contributed by atoms with Crippen molar-refractivity contribution in [3.05, 3.63) is 63.9 Å². The predicted molar refractivity (Wildman–Crippen MR) is 139 cm³/mol. The number of hydrogen-bond donors (Lipinski definition) is 3. The second kappa shape index (κ2) is 9.07. The van der Waals surface area contributed by atoms with E-state index in [1.54, 1.807) is 6.92 Å². The summed E-state index contributed by atoms with van der Waals surface area (Å²) < 4.78 is 45.0. The molecular formula is C29H32ClF3N2O3. The van der Waals surface area contributed by atoms with Crippen LogP contribution in [-0.4, -0.2) is 34.5 Å². The zero-order chi connectivity index (χ0) is 27.8.